The van der Waals surface area contributed by atoms with Crippen LogP contribution in [0.2, 0.25) is 0 Å². The Morgan fingerprint density at radius 1 is 1.16 bits per heavy atom. The molecule has 0 radical (unpaired) electrons. The van der Waals surface area contributed by atoms with Gasteiger partial charge in [-0.3, -0.25) is 14.1 Å². The first-order chi connectivity index (χ1) is 15.8. The first kappa shape index (κ1) is 19.4. The summed E-state index contributed by atoms with van der Waals surface area (Å²) < 4.78 is 45.1. The van der Waals surface area contributed by atoms with Gasteiger partial charge in [0.05, 0.1) is 37.7 Å². The van der Waals surface area contributed by atoms with E-state index in [0.29, 0.717) is 34.4 Å². The largest absolute Gasteiger partial charge is 0.481 e. The summed E-state index contributed by atoms with van der Waals surface area (Å²) in [6.07, 6.45) is 3.37. The molecule has 0 aliphatic carbocycles. The second-order valence-corrected chi connectivity index (χ2v) is 8.27. The van der Waals surface area contributed by atoms with E-state index < -0.39 is 24.2 Å². The molecule has 9 heteroatoms. The van der Waals surface area contributed by atoms with Crippen LogP contribution in [0.4, 0.5) is 8.78 Å². The number of methoxy groups -OCH3 is 1. The number of likely N-dealkylation sites (tertiary alicyclic amines) is 1. The average molecular weight is 440 g/mol. The first-order valence-corrected chi connectivity index (χ1v) is 10.2. The Morgan fingerprint density at radius 3 is 2.69 bits per heavy atom. The van der Waals surface area contributed by atoms with Crippen LogP contribution in [0.25, 0.3) is 33.1 Å². The van der Waals surface area contributed by atoms with Crippen molar-refractivity contribution in [1.29, 1.82) is 0 Å². The third kappa shape index (κ3) is 3.15. The van der Waals surface area contributed by atoms with Gasteiger partial charge in [-0.1, -0.05) is 6.07 Å². The van der Waals surface area contributed by atoms with E-state index in [9.17, 15) is 4.79 Å². The molecule has 0 amide bonds. The van der Waals surface area contributed by atoms with Gasteiger partial charge in [0.25, 0.3) is 5.92 Å². The predicted molar refractivity (Wildman–Crippen MR) is 118 cm³/mol. The number of aromatic nitrogens is 4. The van der Waals surface area contributed by atoms with Crippen LogP contribution in [0.5, 0.6) is 5.88 Å². The summed E-state index contributed by atoms with van der Waals surface area (Å²) in [6.45, 7) is 0.0862. The number of alkyl halides is 2. The van der Waals surface area contributed by atoms with Crippen LogP contribution in [0, 0.1) is 0 Å². The monoisotopic (exact) mass is 440 g/mol. The van der Waals surface area contributed by atoms with Gasteiger partial charge in [-0.25, -0.2) is 18.6 Å². The molecule has 1 unspecified atom stereocenters. The fraction of sp³-hybridized carbons (Fsp3) is 0.348. The number of hydrogen-bond donors (Lipinski definition) is 0. The lowest BCUT2D eigenvalue weighted by Gasteiger charge is -2.37. The van der Waals surface area contributed by atoms with Gasteiger partial charge in [-0.05, 0) is 37.2 Å². The fourth-order valence-electron chi connectivity index (χ4n) is 4.55. The van der Waals surface area contributed by atoms with E-state index in [-0.39, 0.29) is 13.5 Å². The number of imidazole rings is 1. The molecular formula is C23H23F2N5O2. The van der Waals surface area contributed by atoms with E-state index >= 15 is 8.78 Å². The van der Waals surface area contributed by atoms with Crippen LogP contribution >= 0.6 is 0 Å². The third-order valence-electron chi connectivity index (χ3n) is 6.20. The molecule has 1 atom stereocenters. The number of piperidine rings is 1. The summed E-state index contributed by atoms with van der Waals surface area (Å²) in [5.41, 5.74) is 2.71. The zero-order chi connectivity index (χ0) is 23.3. The van der Waals surface area contributed by atoms with Gasteiger partial charge in [0.1, 0.15) is 6.04 Å². The van der Waals surface area contributed by atoms with E-state index in [1.54, 1.807) is 37.5 Å². The van der Waals surface area contributed by atoms with Crippen molar-refractivity contribution in [3.8, 4) is 17.0 Å². The smallest absolute Gasteiger partial charge is 0.329 e. The van der Waals surface area contributed by atoms with Gasteiger partial charge >= 0.3 is 5.69 Å². The molecule has 0 saturated carbocycles. The number of hydrogen-bond acceptors (Lipinski definition) is 5. The Kier molecular flexibility index (Phi) is 4.46. The third-order valence-corrected chi connectivity index (χ3v) is 6.20. The fourth-order valence-corrected chi connectivity index (χ4v) is 4.55. The molecule has 166 valence electrons. The zero-order valence-corrected chi connectivity index (χ0v) is 17.8. The molecule has 0 bridgehead atoms. The van der Waals surface area contributed by atoms with Gasteiger partial charge in [-0.15, -0.1) is 0 Å². The van der Waals surface area contributed by atoms with E-state index in [4.69, 9.17) is 6.11 Å². The van der Waals surface area contributed by atoms with E-state index in [2.05, 4.69) is 9.97 Å². The lowest BCUT2D eigenvalue weighted by atomic mass is 10.00. The summed E-state index contributed by atoms with van der Waals surface area (Å²) in [5.74, 6) is -2.70. The number of pyridine rings is 2. The van der Waals surface area contributed by atoms with Gasteiger partial charge in [0.2, 0.25) is 5.88 Å². The molecule has 0 N–H and O–H groups in total. The van der Waals surface area contributed by atoms with Gasteiger partial charge < -0.3 is 9.64 Å². The van der Waals surface area contributed by atoms with Gasteiger partial charge in [0.15, 0.2) is 0 Å². The van der Waals surface area contributed by atoms with E-state index in [1.165, 1.54) is 9.13 Å². The number of nitrogens with zero attached hydrogens (tertiary/aromatic N) is 5. The van der Waals surface area contributed by atoms with Crippen LogP contribution in [0.3, 0.4) is 0 Å². The second-order valence-electron chi connectivity index (χ2n) is 8.27. The van der Waals surface area contributed by atoms with Crippen LogP contribution in [-0.2, 0) is 7.05 Å². The van der Waals surface area contributed by atoms with Crippen molar-refractivity contribution in [2.24, 2.45) is 7.05 Å². The maximum absolute atomic E-state index is 15.1. The molecule has 1 aromatic carbocycles. The minimum absolute atomic E-state index is 0.174. The topological polar surface area (TPSA) is 65.2 Å². The maximum Gasteiger partial charge on any atom is 0.329 e. The second kappa shape index (κ2) is 7.37. The number of benzene rings is 1. The Balaban J connectivity index is 1.72. The highest BCUT2D eigenvalue weighted by molar-refractivity contribution is 6.04. The van der Waals surface area contributed by atoms with Crippen molar-refractivity contribution >= 4 is 21.9 Å². The molecule has 0 spiro atoms. The first-order valence-electron chi connectivity index (χ1n) is 11.0. The van der Waals surface area contributed by atoms with Crippen LogP contribution in [0.1, 0.15) is 13.8 Å². The zero-order valence-electron chi connectivity index (χ0n) is 18.8. The Morgan fingerprint density at radius 2 is 1.97 bits per heavy atom. The van der Waals surface area contributed by atoms with Crippen molar-refractivity contribution in [3.05, 3.63) is 53.2 Å². The van der Waals surface area contributed by atoms with Gasteiger partial charge in [-0.2, -0.15) is 0 Å². The highest BCUT2D eigenvalue weighted by Crippen LogP contribution is 2.39. The Labute approximate surface area is 184 Å². The van der Waals surface area contributed by atoms with Crippen molar-refractivity contribution in [3.63, 3.8) is 0 Å². The van der Waals surface area contributed by atoms with Crippen molar-refractivity contribution in [2.75, 3.05) is 27.2 Å². The number of ether oxygens (including phenoxy) is 1. The summed E-state index contributed by atoms with van der Waals surface area (Å²) in [6, 6.07) is 7.80. The maximum atomic E-state index is 15.1. The lowest BCUT2D eigenvalue weighted by molar-refractivity contribution is -0.0977. The summed E-state index contributed by atoms with van der Waals surface area (Å²) in [5, 5.41) is 0.629. The van der Waals surface area contributed by atoms with Crippen LogP contribution < -0.4 is 10.4 Å². The van der Waals surface area contributed by atoms with Crippen molar-refractivity contribution < 1.29 is 14.9 Å². The van der Waals surface area contributed by atoms with Crippen molar-refractivity contribution in [2.45, 2.75) is 18.4 Å². The van der Waals surface area contributed by atoms with Crippen LogP contribution in [0.15, 0.2) is 47.5 Å². The summed E-state index contributed by atoms with van der Waals surface area (Å²) >= 11 is 0. The number of aryl methyl sites for hydroxylation is 1. The molecule has 7 nitrogen and oxygen atoms in total. The Hall–Kier alpha value is -3.33. The molecule has 1 aliphatic rings. The number of fused-ring (bicyclic) bond motifs is 3. The molecule has 5 rings (SSSR count). The highest BCUT2D eigenvalue weighted by atomic mass is 19.3. The standard InChI is InChI=1S/C23H23F2N5O2/c1-28-9-8-19(23(24,25)13-28)30-21-16-10-14(15-5-7-20(32-3)27-11-15)4-6-17(16)26-12-18(21)29(2)22(30)31/h4-7,10-12,19H,8-9,13H2,1-3H3/i3D. The van der Waals surface area contributed by atoms with Crippen LogP contribution in [-0.4, -0.2) is 57.1 Å². The normalized spacial score (nSPS) is 19.4. The molecule has 1 saturated heterocycles. The molecule has 4 heterocycles. The summed E-state index contributed by atoms with van der Waals surface area (Å²) in [7, 11) is 3.02. The Bertz CT molecular complexity index is 1400. The minimum atomic E-state index is -3.05. The number of halogens is 2. The minimum Gasteiger partial charge on any atom is -0.481 e. The van der Waals surface area contributed by atoms with Gasteiger partial charge in [0, 0.05) is 36.8 Å². The molecule has 4 aromatic rings. The lowest BCUT2D eigenvalue weighted by Crippen LogP contribution is -2.49. The molecular weight excluding hydrogens is 416 g/mol. The molecule has 3 aromatic heterocycles. The average Bonchev–Trinajstić information content (AvgIpc) is 3.04. The molecule has 1 fully saturated rings. The summed E-state index contributed by atoms with van der Waals surface area (Å²) in [4.78, 5) is 23.4. The number of rotatable bonds is 3. The van der Waals surface area contributed by atoms with E-state index in [0.717, 1.165) is 11.1 Å². The van der Waals surface area contributed by atoms with E-state index in [1.807, 2.05) is 24.3 Å². The van der Waals surface area contributed by atoms with Crippen molar-refractivity contribution in [1.82, 2.24) is 24.0 Å². The molecule has 32 heavy (non-hydrogen) atoms. The predicted octanol–water partition coefficient (Wildman–Crippen LogP) is 3.47. The SMILES string of the molecule is [2H]COc1ccc(-c2ccc3ncc4c(c3c2)n(C2CCN(C)CC2(F)F)c(=O)n4C)cn1. The highest BCUT2D eigenvalue weighted by Gasteiger charge is 2.46. The molecule has 1 aliphatic heterocycles. The quantitative estimate of drug-likeness (QED) is 0.488.